The Kier molecular flexibility index (Phi) is 6.42. The summed E-state index contributed by atoms with van der Waals surface area (Å²) in [5, 5.41) is 14.6. The van der Waals surface area contributed by atoms with E-state index in [1.807, 2.05) is 11.5 Å². The number of aromatic carboxylic acids is 1. The van der Waals surface area contributed by atoms with Crippen LogP contribution in [-0.2, 0) is 26.1 Å². The summed E-state index contributed by atoms with van der Waals surface area (Å²) < 4.78 is 1.95. The summed E-state index contributed by atoms with van der Waals surface area (Å²) in [4.78, 5) is 12.4. The molecule has 0 saturated heterocycles. The number of benzene rings is 3. The third-order valence-corrected chi connectivity index (χ3v) is 6.05. The summed E-state index contributed by atoms with van der Waals surface area (Å²) >= 11 is 0. The Hall–Kier alpha value is -3.37. The lowest BCUT2D eigenvalue weighted by molar-refractivity contribution is 0.0684. The van der Waals surface area contributed by atoms with Crippen molar-refractivity contribution in [3.63, 3.8) is 0 Å². The van der Waals surface area contributed by atoms with Gasteiger partial charge in [0.15, 0.2) is 0 Å². The molecule has 0 aliphatic rings. The number of hydrogen-bond acceptors (Lipinski definition) is 2. The number of carboxylic acid groups (broad SMARTS) is 1. The summed E-state index contributed by atoms with van der Waals surface area (Å²) in [6, 6.07) is 23.0. The van der Waals surface area contributed by atoms with E-state index in [-0.39, 0.29) is 0 Å². The minimum absolute atomic E-state index is 0.361. The fourth-order valence-corrected chi connectivity index (χ4v) is 4.22. The Morgan fingerprint density at radius 1 is 0.844 bits per heavy atom. The van der Waals surface area contributed by atoms with Crippen molar-refractivity contribution in [2.45, 2.75) is 46.8 Å². The van der Waals surface area contributed by atoms with Crippen molar-refractivity contribution >= 4 is 16.9 Å². The number of aryl methyl sites for hydroxylation is 3. The molecule has 4 nitrogen and oxygen atoms in total. The van der Waals surface area contributed by atoms with Gasteiger partial charge in [0.1, 0.15) is 5.69 Å². The molecule has 0 spiro atoms. The maximum atomic E-state index is 12.4. The average molecular weight is 427 g/mol. The lowest BCUT2D eigenvalue weighted by Gasteiger charge is -2.11. The monoisotopic (exact) mass is 426 g/mol. The SMILES string of the molecule is CCc1ccc(CNCc2c(C(=O)O)n(Cc3ccc(C)cc3)c3cc(C)ccc23)cc1. The van der Waals surface area contributed by atoms with Crippen LogP contribution in [0, 0.1) is 13.8 Å². The molecule has 1 heterocycles. The molecule has 0 aliphatic carbocycles. The van der Waals surface area contributed by atoms with Gasteiger partial charge >= 0.3 is 5.97 Å². The first-order valence-electron chi connectivity index (χ1n) is 11.2. The highest BCUT2D eigenvalue weighted by Gasteiger charge is 2.22. The number of rotatable bonds is 8. The molecule has 32 heavy (non-hydrogen) atoms. The molecule has 4 rings (SSSR count). The van der Waals surface area contributed by atoms with E-state index >= 15 is 0 Å². The van der Waals surface area contributed by atoms with E-state index in [9.17, 15) is 9.90 Å². The van der Waals surface area contributed by atoms with Gasteiger partial charge in [-0.1, -0.05) is 73.2 Å². The first kappa shape index (κ1) is 21.8. The van der Waals surface area contributed by atoms with Gasteiger partial charge in [-0.2, -0.15) is 0 Å². The van der Waals surface area contributed by atoms with Crippen molar-refractivity contribution in [3.05, 3.63) is 106 Å². The zero-order valence-electron chi connectivity index (χ0n) is 19.0. The normalized spacial score (nSPS) is 11.2. The van der Waals surface area contributed by atoms with Crippen molar-refractivity contribution in [1.29, 1.82) is 0 Å². The first-order chi connectivity index (χ1) is 15.5. The molecular formula is C28H30N2O2. The molecule has 0 amide bonds. The van der Waals surface area contributed by atoms with Crippen LogP contribution in [0.3, 0.4) is 0 Å². The van der Waals surface area contributed by atoms with Gasteiger partial charge in [0.05, 0.1) is 0 Å². The number of hydrogen-bond donors (Lipinski definition) is 2. The van der Waals surface area contributed by atoms with Crippen LogP contribution >= 0.6 is 0 Å². The van der Waals surface area contributed by atoms with E-state index in [2.05, 4.69) is 85.9 Å². The molecule has 4 heteroatoms. The number of fused-ring (bicyclic) bond motifs is 1. The molecule has 0 aliphatic heterocycles. The van der Waals surface area contributed by atoms with Crippen LogP contribution in [0.2, 0.25) is 0 Å². The number of carbonyl (C=O) groups is 1. The van der Waals surface area contributed by atoms with Gasteiger partial charge in [0.2, 0.25) is 0 Å². The van der Waals surface area contributed by atoms with Crippen LogP contribution in [0.1, 0.15) is 50.8 Å². The Labute approximate surface area is 189 Å². The Balaban J connectivity index is 1.68. The largest absolute Gasteiger partial charge is 0.477 e. The summed E-state index contributed by atoms with van der Waals surface area (Å²) in [5.41, 5.74) is 8.07. The van der Waals surface area contributed by atoms with E-state index < -0.39 is 5.97 Å². The van der Waals surface area contributed by atoms with Crippen molar-refractivity contribution in [2.24, 2.45) is 0 Å². The third-order valence-electron chi connectivity index (χ3n) is 6.05. The molecule has 0 fully saturated rings. The van der Waals surface area contributed by atoms with Gasteiger partial charge in [0, 0.05) is 36.1 Å². The minimum atomic E-state index is -0.893. The molecule has 4 aromatic rings. The smallest absolute Gasteiger partial charge is 0.352 e. The van der Waals surface area contributed by atoms with Crippen LogP contribution in [-0.4, -0.2) is 15.6 Å². The maximum absolute atomic E-state index is 12.4. The van der Waals surface area contributed by atoms with Gasteiger partial charge in [0.25, 0.3) is 0 Å². The van der Waals surface area contributed by atoms with Crippen LogP contribution in [0.5, 0.6) is 0 Å². The van der Waals surface area contributed by atoms with Crippen LogP contribution < -0.4 is 5.32 Å². The van der Waals surface area contributed by atoms with Crippen molar-refractivity contribution in [2.75, 3.05) is 0 Å². The maximum Gasteiger partial charge on any atom is 0.352 e. The number of aromatic nitrogens is 1. The minimum Gasteiger partial charge on any atom is -0.477 e. The number of nitrogens with one attached hydrogen (secondary N) is 1. The second-order valence-electron chi connectivity index (χ2n) is 8.50. The standard InChI is InChI=1S/C28H30N2O2/c1-4-21-10-12-22(13-11-21)16-29-17-25-24-14-7-20(3)15-26(24)30(27(25)28(31)32)18-23-8-5-19(2)6-9-23/h5-15,29H,4,16-18H2,1-3H3,(H,31,32). The summed E-state index contributed by atoms with van der Waals surface area (Å²) in [5.74, 6) is -0.893. The zero-order valence-corrected chi connectivity index (χ0v) is 19.0. The highest BCUT2D eigenvalue weighted by atomic mass is 16.4. The van der Waals surface area contributed by atoms with Crippen molar-refractivity contribution < 1.29 is 9.90 Å². The number of carboxylic acids is 1. The number of nitrogens with zero attached hydrogens (tertiary/aromatic N) is 1. The topological polar surface area (TPSA) is 54.3 Å². The quantitative estimate of drug-likeness (QED) is 0.371. The van der Waals surface area contributed by atoms with Gasteiger partial charge in [-0.3, -0.25) is 0 Å². The molecular weight excluding hydrogens is 396 g/mol. The molecule has 1 aromatic heterocycles. The highest BCUT2D eigenvalue weighted by molar-refractivity contribution is 5.98. The molecule has 0 radical (unpaired) electrons. The fourth-order valence-electron chi connectivity index (χ4n) is 4.22. The van der Waals surface area contributed by atoms with Gasteiger partial charge in [-0.15, -0.1) is 0 Å². The Morgan fingerprint density at radius 2 is 1.47 bits per heavy atom. The molecule has 0 atom stereocenters. The summed E-state index contributed by atoms with van der Waals surface area (Å²) in [6.45, 7) is 7.97. The summed E-state index contributed by atoms with van der Waals surface area (Å²) in [6.07, 6.45) is 1.02. The lowest BCUT2D eigenvalue weighted by Crippen LogP contribution is -2.17. The van der Waals surface area contributed by atoms with Gasteiger partial charge in [-0.05, 0) is 48.6 Å². The molecule has 0 unspecified atom stereocenters. The Morgan fingerprint density at radius 3 is 2.12 bits per heavy atom. The third kappa shape index (κ3) is 4.61. The fraction of sp³-hybridized carbons (Fsp3) is 0.250. The second kappa shape index (κ2) is 9.41. The van der Waals surface area contributed by atoms with E-state index in [0.29, 0.717) is 25.3 Å². The van der Waals surface area contributed by atoms with Crippen LogP contribution in [0.25, 0.3) is 10.9 Å². The zero-order chi connectivity index (χ0) is 22.7. The van der Waals surface area contributed by atoms with Gasteiger partial charge in [-0.25, -0.2) is 4.79 Å². The Bertz CT molecular complexity index is 1240. The predicted molar refractivity (Wildman–Crippen MR) is 130 cm³/mol. The van der Waals surface area contributed by atoms with Crippen LogP contribution in [0.4, 0.5) is 0 Å². The van der Waals surface area contributed by atoms with E-state index in [1.165, 1.54) is 16.7 Å². The average Bonchev–Trinajstić information content (AvgIpc) is 3.08. The van der Waals surface area contributed by atoms with Crippen LogP contribution in [0.15, 0.2) is 66.7 Å². The van der Waals surface area contributed by atoms with E-state index in [4.69, 9.17) is 0 Å². The van der Waals surface area contributed by atoms with Crippen molar-refractivity contribution in [1.82, 2.24) is 9.88 Å². The molecule has 2 N–H and O–H groups in total. The van der Waals surface area contributed by atoms with Crippen molar-refractivity contribution in [3.8, 4) is 0 Å². The molecule has 0 saturated carbocycles. The first-order valence-corrected chi connectivity index (χ1v) is 11.2. The van der Waals surface area contributed by atoms with E-state index in [1.54, 1.807) is 0 Å². The molecule has 164 valence electrons. The lowest BCUT2D eigenvalue weighted by atomic mass is 10.1. The molecule has 0 bridgehead atoms. The van der Waals surface area contributed by atoms with Gasteiger partial charge < -0.3 is 15.0 Å². The highest BCUT2D eigenvalue weighted by Crippen LogP contribution is 2.29. The van der Waals surface area contributed by atoms with E-state index in [0.717, 1.165) is 34.0 Å². The predicted octanol–water partition coefficient (Wildman–Crippen LogP) is 5.86. The molecule has 3 aromatic carbocycles. The summed E-state index contributed by atoms with van der Waals surface area (Å²) in [7, 11) is 0. The second-order valence-corrected chi connectivity index (χ2v) is 8.50.